The number of hydrogen-bond donors (Lipinski definition) is 3. The Hall–Kier alpha value is -1.10. The predicted octanol–water partition coefficient (Wildman–Crippen LogP) is 1.27. The summed E-state index contributed by atoms with van der Waals surface area (Å²) < 4.78 is 0. The molecular formula is C14H24N2O3. The summed E-state index contributed by atoms with van der Waals surface area (Å²) in [6.45, 7) is 0.515. The SMILES string of the molecule is NC1CCC(C(=O)NCC2(CC(=O)O)CCC2)CC1. The quantitative estimate of drug-likeness (QED) is 0.700. The molecule has 0 aromatic rings. The average Bonchev–Trinajstić information content (AvgIpc) is 2.32. The van der Waals surface area contributed by atoms with Gasteiger partial charge in [-0.2, -0.15) is 0 Å². The number of nitrogens with one attached hydrogen (secondary N) is 1. The van der Waals surface area contributed by atoms with Crippen LogP contribution in [0.2, 0.25) is 0 Å². The summed E-state index contributed by atoms with van der Waals surface area (Å²) in [5.41, 5.74) is 5.64. The maximum Gasteiger partial charge on any atom is 0.303 e. The van der Waals surface area contributed by atoms with Crippen LogP contribution in [0.5, 0.6) is 0 Å². The van der Waals surface area contributed by atoms with E-state index in [-0.39, 0.29) is 29.7 Å². The smallest absolute Gasteiger partial charge is 0.303 e. The fourth-order valence-corrected chi connectivity index (χ4v) is 3.21. The number of carboxylic acid groups (broad SMARTS) is 1. The van der Waals surface area contributed by atoms with Crippen molar-refractivity contribution in [2.45, 2.75) is 57.4 Å². The Kier molecular flexibility index (Phi) is 4.45. The van der Waals surface area contributed by atoms with Gasteiger partial charge in [-0.3, -0.25) is 9.59 Å². The minimum absolute atomic E-state index is 0.0711. The summed E-state index contributed by atoms with van der Waals surface area (Å²) in [6, 6.07) is 0.244. The molecule has 19 heavy (non-hydrogen) atoms. The molecule has 0 radical (unpaired) electrons. The first-order valence-corrected chi connectivity index (χ1v) is 7.26. The monoisotopic (exact) mass is 268 g/mol. The first kappa shape index (κ1) is 14.3. The van der Waals surface area contributed by atoms with Crippen molar-refractivity contribution in [3.63, 3.8) is 0 Å². The fraction of sp³-hybridized carbons (Fsp3) is 0.857. The van der Waals surface area contributed by atoms with Crippen molar-refractivity contribution in [1.29, 1.82) is 0 Å². The topological polar surface area (TPSA) is 92.4 Å². The zero-order valence-corrected chi connectivity index (χ0v) is 11.4. The van der Waals surface area contributed by atoms with Crippen LogP contribution < -0.4 is 11.1 Å². The molecule has 0 saturated heterocycles. The van der Waals surface area contributed by atoms with Crippen LogP contribution in [0.1, 0.15) is 51.4 Å². The number of nitrogens with two attached hydrogens (primary N) is 1. The van der Waals surface area contributed by atoms with Crippen LogP contribution in [0.15, 0.2) is 0 Å². The van der Waals surface area contributed by atoms with E-state index in [2.05, 4.69) is 5.32 Å². The Labute approximate surface area is 113 Å². The standard InChI is InChI=1S/C14H24N2O3/c15-11-4-2-10(3-5-11)13(19)16-9-14(6-1-7-14)8-12(17)18/h10-11H,1-9,15H2,(H,16,19)(H,17,18). The van der Waals surface area contributed by atoms with Crippen LogP contribution in [0.4, 0.5) is 0 Å². The molecular weight excluding hydrogens is 244 g/mol. The van der Waals surface area contributed by atoms with E-state index < -0.39 is 5.97 Å². The minimum Gasteiger partial charge on any atom is -0.481 e. The van der Waals surface area contributed by atoms with Crippen LogP contribution in [0, 0.1) is 11.3 Å². The van der Waals surface area contributed by atoms with Gasteiger partial charge in [-0.1, -0.05) is 6.42 Å². The van der Waals surface area contributed by atoms with Crippen LogP contribution in [-0.2, 0) is 9.59 Å². The first-order chi connectivity index (χ1) is 9.01. The maximum absolute atomic E-state index is 12.1. The second kappa shape index (κ2) is 5.90. The number of carboxylic acids is 1. The highest BCUT2D eigenvalue weighted by Gasteiger charge is 2.39. The van der Waals surface area contributed by atoms with Crippen molar-refractivity contribution >= 4 is 11.9 Å². The Balaban J connectivity index is 1.77. The largest absolute Gasteiger partial charge is 0.481 e. The molecule has 2 aliphatic carbocycles. The summed E-state index contributed by atoms with van der Waals surface area (Å²) >= 11 is 0. The van der Waals surface area contributed by atoms with Gasteiger partial charge in [0.25, 0.3) is 0 Å². The van der Waals surface area contributed by atoms with Gasteiger partial charge in [0.05, 0.1) is 6.42 Å². The molecule has 2 fully saturated rings. The Morgan fingerprint density at radius 3 is 2.32 bits per heavy atom. The summed E-state index contributed by atoms with van der Waals surface area (Å²) in [5, 5.41) is 11.9. The second-order valence-corrected chi connectivity index (χ2v) is 6.25. The summed E-state index contributed by atoms with van der Waals surface area (Å²) in [7, 11) is 0. The van der Waals surface area contributed by atoms with Gasteiger partial charge in [0.15, 0.2) is 0 Å². The molecule has 0 spiro atoms. The highest BCUT2D eigenvalue weighted by atomic mass is 16.4. The molecule has 0 unspecified atom stereocenters. The van der Waals surface area contributed by atoms with E-state index in [0.29, 0.717) is 6.54 Å². The Morgan fingerprint density at radius 1 is 1.21 bits per heavy atom. The molecule has 0 aliphatic heterocycles. The van der Waals surface area contributed by atoms with Crippen molar-refractivity contribution in [3.8, 4) is 0 Å². The Bertz CT molecular complexity index is 345. The number of carbonyl (C=O) groups is 2. The minimum atomic E-state index is -0.766. The van der Waals surface area contributed by atoms with Crippen LogP contribution >= 0.6 is 0 Å². The van der Waals surface area contributed by atoms with Crippen LogP contribution in [0.3, 0.4) is 0 Å². The number of hydrogen-bond acceptors (Lipinski definition) is 3. The van der Waals surface area contributed by atoms with E-state index in [1.807, 2.05) is 0 Å². The molecule has 0 bridgehead atoms. The number of amides is 1. The van der Waals surface area contributed by atoms with E-state index in [9.17, 15) is 9.59 Å². The zero-order chi connectivity index (χ0) is 13.9. The molecule has 2 rings (SSSR count). The van der Waals surface area contributed by atoms with E-state index in [1.165, 1.54) is 0 Å². The normalized spacial score (nSPS) is 29.3. The lowest BCUT2D eigenvalue weighted by atomic mass is 9.66. The molecule has 2 saturated carbocycles. The molecule has 5 nitrogen and oxygen atoms in total. The molecule has 108 valence electrons. The molecule has 4 N–H and O–H groups in total. The maximum atomic E-state index is 12.1. The van der Waals surface area contributed by atoms with E-state index in [0.717, 1.165) is 44.9 Å². The highest BCUT2D eigenvalue weighted by molar-refractivity contribution is 5.79. The summed E-state index contributed by atoms with van der Waals surface area (Å²) in [5.74, 6) is -0.608. The lowest BCUT2D eigenvalue weighted by molar-refractivity contribution is -0.142. The van der Waals surface area contributed by atoms with Crippen molar-refractivity contribution < 1.29 is 14.7 Å². The molecule has 2 aliphatic rings. The highest BCUT2D eigenvalue weighted by Crippen LogP contribution is 2.43. The molecule has 1 amide bonds. The molecule has 5 heteroatoms. The second-order valence-electron chi connectivity index (χ2n) is 6.25. The van der Waals surface area contributed by atoms with Gasteiger partial charge in [-0.05, 0) is 43.9 Å². The summed E-state index contributed by atoms with van der Waals surface area (Å²) in [6.07, 6.45) is 6.61. The van der Waals surface area contributed by atoms with Gasteiger partial charge >= 0.3 is 5.97 Å². The molecule has 0 heterocycles. The van der Waals surface area contributed by atoms with Gasteiger partial charge in [-0.15, -0.1) is 0 Å². The van der Waals surface area contributed by atoms with Crippen molar-refractivity contribution in [2.24, 2.45) is 17.1 Å². The molecule has 0 aromatic heterocycles. The van der Waals surface area contributed by atoms with Crippen molar-refractivity contribution in [2.75, 3.05) is 6.54 Å². The van der Waals surface area contributed by atoms with Gasteiger partial charge < -0.3 is 16.2 Å². The van der Waals surface area contributed by atoms with Crippen molar-refractivity contribution in [1.82, 2.24) is 5.32 Å². The van der Waals surface area contributed by atoms with Gasteiger partial charge in [0, 0.05) is 18.5 Å². The van der Waals surface area contributed by atoms with Crippen LogP contribution in [-0.4, -0.2) is 29.6 Å². The van der Waals surface area contributed by atoms with Gasteiger partial charge in [-0.25, -0.2) is 0 Å². The lowest BCUT2D eigenvalue weighted by Crippen LogP contribution is -2.45. The third-order valence-electron chi connectivity index (χ3n) is 4.72. The fourth-order valence-electron chi connectivity index (χ4n) is 3.21. The van der Waals surface area contributed by atoms with E-state index in [4.69, 9.17) is 10.8 Å². The third-order valence-corrected chi connectivity index (χ3v) is 4.72. The summed E-state index contributed by atoms with van der Waals surface area (Å²) in [4.78, 5) is 22.9. The molecule has 0 aromatic carbocycles. The van der Waals surface area contributed by atoms with Gasteiger partial charge in [0.2, 0.25) is 5.91 Å². The zero-order valence-electron chi connectivity index (χ0n) is 11.4. The van der Waals surface area contributed by atoms with Gasteiger partial charge in [0.1, 0.15) is 0 Å². The van der Waals surface area contributed by atoms with Crippen LogP contribution in [0.25, 0.3) is 0 Å². The average molecular weight is 268 g/mol. The first-order valence-electron chi connectivity index (χ1n) is 7.26. The Morgan fingerprint density at radius 2 is 1.84 bits per heavy atom. The number of aliphatic carboxylic acids is 1. The van der Waals surface area contributed by atoms with E-state index in [1.54, 1.807) is 0 Å². The van der Waals surface area contributed by atoms with Crippen molar-refractivity contribution in [3.05, 3.63) is 0 Å². The number of rotatable bonds is 5. The lowest BCUT2D eigenvalue weighted by Gasteiger charge is -2.41. The molecule has 0 atom stereocenters. The van der Waals surface area contributed by atoms with E-state index >= 15 is 0 Å². The predicted molar refractivity (Wildman–Crippen MR) is 71.5 cm³/mol. The third kappa shape index (κ3) is 3.69. The number of carbonyl (C=O) groups excluding carboxylic acids is 1.